The topological polar surface area (TPSA) is 20.2 Å². The van der Waals surface area contributed by atoms with Crippen LogP contribution in [0.5, 0.6) is 0 Å². The van der Waals surface area contributed by atoms with Crippen molar-refractivity contribution in [2.75, 3.05) is 6.61 Å². The molecule has 14 heavy (non-hydrogen) atoms. The molecule has 1 nitrogen and oxygen atoms in total. The minimum atomic E-state index is 0.259. The molecule has 1 N–H and O–H groups in total. The van der Waals surface area contributed by atoms with Gasteiger partial charge in [0, 0.05) is 11.6 Å². The smallest absolute Gasteiger partial charge is 0.0443 e. The Labute approximate surface area is 89.7 Å². The predicted molar refractivity (Wildman–Crippen MR) is 58.8 cm³/mol. The van der Waals surface area contributed by atoms with E-state index in [1.807, 2.05) is 12.1 Å². The molecule has 0 bridgehead atoms. The van der Waals surface area contributed by atoms with Crippen molar-refractivity contribution in [3.8, 4) is 0 Å². The summed E-state index contributed by atoms with van der Waals surface area (Å²) in [5, 5.41) is 9.87. The second-order valence-electron chi connectivity index (χ2n) is 3.91. The van der Waals surface area contributed by atoms with Crippen LogP contribution < -0.4 is 0 Å². The molecule has 1 aliphatic rings. The third-order valence-corrected chi connectivity index (χ3v) is 3.36. The zero-order chi connectivity index (χ0) is 9.97. The van der Waals surface area contributed by atoms with Gasteiger partial charge in [0.15, 0.2) is 0 Å². The van der Waals surface area contributed by atoms with Crippen LogP contribution in [-0.2, 0) is 6.42 Å². The number of aliphatic hydroxyl groups excluding tert-OH is 1. The zero-order valence-corrected chi connectivity index (χ0v) is 8.93. The normalized spacial score (nSPS) is 20.6. The highest BCUT2D eigenvalue weighted by Gasteiger charge is 2.21. The van der Waals surface area contributed by atoms with Crippen LogP contribution in [0.15, 0.2) is 18.2 Å². The third-order valence-electron chi connectivity index (χ3n) is 3.03. The number of benzene rings is 1. The lowest BCUT2D eigenvalue weighted by atomic mass is 9.81. The highest BCUT2D eigenvalue weighted by molar-refractivity contribution is 6.31. The molecule has 2 heteroatoms. The third kappa shape index (κ3) is 1.79. The van der Waals surface area contributed by atoms with Gasteiger partial charge in [-0.1, -0.05) is 23.7 Å². The fourth-order valence-corrected chi connectivity index (χ4v) is 2.73. The number of aliphatic hydroxyl groups is 1. The Morgan fingerprint density at radius 2 is 2.29 bits per heavy atom. The Hall–Kier alpha value is -0.530. The van der Waals surface area contributed by atoms with Crippen LogP contribution in [-0.4, -0.2) is 11.7 Å². The van der Waals surface area contributed by atoms with E-state index in [9.17, 15) is 0 Å². The monoisotopic (exact) mass is 210 g/mol. The molecule has 0 radical (unpaired) electrons. The van der Waals surface area contributed by atoms with Gasteiger partial charge in [-0.2, -0.15) is 0 Å². The summed E-state index contributed by atoms with van der Waals surface area (Å²) in [5.41, 5.74) is 2.66. The average Bonchev–Trinajstić information content (AvgIpc) is 2.19. The summed E-state index contributed by atoms with van der Waals surface area (Å²) in [6.07, 6.45) is 4.36. The number of halogens is 1. The maximum absolute atomic E-state index is 8.99. The SMILES string of the molecule is OCCC1CCCc2cccc(Cl)c21. The molecule has 1 aliphatic carbocycles. The zero-order valence-electron chi connectivity index (χ0n) is 8.17. The minimum Gasteiger partial charge on any atom is -0.396 e. The van der Waals surface area contributed by atoms with Crippen molar-refractivity contribution in [2.24, 2.45) is 0 Å². The van der Waals surface area contributed by atoms with Gasteiger partial charge in [0.05, 0.1) is 0 Å². The average molecular weight is 211 g/mol. The summed E-state index contributed by atoms with van der Waals surface area (Å²) < 4.78 is 0. The quantitative estimate of drug-likeness (QED) is 0.795. The Balaban J connectivity index is 2.36. The van der Waals surface area contributed by atoms with Gasteiger partial charge >= 0.3 is 0 Å². The van der Waals surface area contributed by atoms with E-state index in [-0.39, 0.29) is 6.61 Å². The first kappa shape index (κ1) is 10.0. The van der Waals surface area contributed by atoms with Crippen molar-refractivity contribution in [3.05, 3.63) is 34.3 Å². The van der Waals surface area contributed by atoms with E-state index < -0.39 is 0 Å². The van der Waals surface area contributed by atoms with Crippen molar-refractivity contribution in [3.63, 3.8) is 0 Å². The molecule has 1 atom stereocenters. The van der Waals surface area contributed by atoms with Gasteiger partial charge in [-0.3, -0.25) is 0 Å². The lowest BCUT2D eigenvalue weighted by Gasteiger charge is -2.25. The van der Waals surface area contributed by atoms with Gasteiger partial charge in [0.2, 0.25) is 0 Å². The van der Waals surface area contributed by atoms with Crippen LogP contribution in [0.25, 0.3) is 0 Å². The summed E-state index contributed by atoms with van der Waals surface area (Å²) in [4.78, 5) is 0. The molecular weight excluding hydrogens is 196 g/mol. The number of rotatable bonds is 2. The molecule has 0 heterocycles. The van der Waals surface area contributed by atoms with Gasteiger partial charge in [0.1, 0.15) is 0 Å². The predicted octanol–water partition coefficient (Wildman–Crippen LogP) is 3.14. The number of hydrogen-bond acceptors (Lipinski definition) is 1. The molecule has 76 valence electrons. The first-order chi connectivity index (χ1) is 6.83. The molecule has 0 spiro atoms. The van der Waals surface area contributed by atoms with Crippen LogP contribution in [0.2, 0.25) is 5.02 Å². The summed E-state index contributed by atoms with van der Waals surface area (Å²) >= 11 is 6.19. The molecule has 0 aliphatic heterocycles. The fourth-order valence-electron chi connectivity index (χ4n) is 2.38. The first-order valence-corrected chi connectivity index (χ1v) is 5.59. The highest BCUT2D eigenvalue weighted by atomic mass is 35.5. The van der Waals surface area contributed by atoms with Crippen LogP contribution in [0.3, 0.4) is 0 Å². The summed E-state index contributed by atoms with van der Waals surface area (Å²) in [6.45, 7) is 0.259. The number of aryl methyl sites for hydroxylation is 1. The van der Waals surface area contributed by atoms with Gasteiger partial charge in [0.25, 0.3) is 0 Å². The van der Waals surface area contributed by atoms with Gasteiger partial charge < -0.3 is 5.11 Å². The maximum Gasteiger partial charge on any atom is 0.0443 e. The van der Waals surface area contributed by atoms with Crippen molar-refractivity contribution in [2.45, 2.75) is 31.6 Å². The van der Waals surface area contributed by atoms with Crippen molar-refractivity contribution < 1.29 is 5.11 Å². The Bertz CT molecular complexity index is 322. The van der Waals surface area contributed by atoms with Crippen LogP contribution in [0.4, 0.5) is 0 Å². The van der Waals surface area contributed by atoms with E-state index >= 15 is 0 Å². The van der Waals surface area contributed by atoms with Gasteiger partial charge in [-0.15, -0.1) is 0 Å². The van der Waals surface area contributed by atoms with Crippen molar-refractivity contribution >= 4 is 11.6 Å². The second kappa shape index (κ2) is 4.33. The number of fused-ring (bicyclic) bond motifs is 1. The van der Waals surface area contributed by atoms with E-state index in [4.69, 9.17) is 16.7 Å². The van der Waals surface area contributed by atoms with E-state index in [2.05, 4.69) is 6.07 Å². The highest BCUT2D eigenvalue weighted by Crippen LogP contribution is 2.37. The minimum absolute atomic E-state index is 0.259. The summed E-state index contributed by atoms with van der Waals surface area (Å²) in [7, 11) is 0. The van der Waals surface area contributed by atoms with E-state index in [0.717, 1.165) is 24.3 Å². The van der Waals surface area contributed by atoms with E-state index in [1.165, 1.54) is 17.5 Å². The van der Waals surface area contributed by atoms with Gasteiger partial charge in [-0.05, 0) is 48.8 Å². The first-order valence-electron chi connectivity index (χ1n) is 5.21. The molecule has 0 aromatic heterocycles. The molecule has 0 amide bonds. The molecule has 0 saturated carbocycles. The van der Waals surface area contributed by atoms with Crippen molar-refractivity contribution in [1.29, 1.82) is 0 Å². The number of hydrogen-bond donors (Lipinski definition) is 1. The van der Waals surface area contributed by atoms with Crippen LogP contribution in [0.1, 0.15) is 36.3 Å². The molecule has 1 unspecified atom stereocenters. The largest absolute Gasteiger partial charge is 0.396 e. The molecule has 0 fully saturated rings. The molecule has 1 aromatic rings. The fraction of sp³-hybridized carbons (Fsp3) is 0.500. The Morgan fingerprint density at radius 1 is 1.43 bits per heavy atom. The van der Waals surface area contributed by atoms with Crippen LogP contribution in [0, 0.1) is 0 Å². The van der Waals surface area contributed by atoms with E-state index in [0.29, 0.717) is 5.92 Å². The molecule has 0 saturated heterocycles. The Kier molecular flexibility index (Phi) is 3.09. The summed E-state index contributed by atoms with van der Waals surface area (Å²) in [5.74, 6) is 0.470. The molecular formula is C12H15ClO. The second-order valence-corrected chi connectivity index (χ2v) is 4.32. The lowest BCUT2D eigenvalue weighted by Crippen LogP contribution is -2.11. The molecule has 1 aromatic carbocycles. The molecule has 2 rings (SSSR count). The van der Waals surface area contributed by atoms with Gasteiger partial charge in [-0.25, -0.2) is 0 Å². The van der Waals surface area contributed by atoms with Crippen molar-refractivity contribution in [1.82, 2.24) is 0 Å². The van der Waals surface area contributed by atoms with E-state index in [1.54, 1.807) is 0 Å². The van der Waals surface area contributed by atoms with Crippen LogP contribution >= 0.6 is 11.6 Å². The lowest BCUT2D eigenvalue weighted by molar-refractivity contribution is 0.269. The summed E-state index contributed by atoms with van der Waals surface area (Å²) in [6, 6.07) is 6.13. The standard InChI is InChI=1S/C12H15ClO/c13-11-6-2-5-9-3-1-4-10(7-8-14)12(9)11/h2,5-6,10,14H,1,3-4,7-8H2. The maximum atomic E-state index is 8.99. The Morgan fingerprint density at radius 3 is 3.07 bits per heavy atom.